The summed E-state index contributed by atoms with van der Waals surface area (Å²) in [6.45, 7) is 6.37. The van der Waals surface area contributed by atoms with E-state index in [2.05, 4.69) is 126 Å². The summed E-state index contributed by atoms with van der Waals surface area (Å²) < 4.78 is 24.4. The first-order valence-electron chi connectivity index (χ1n) is 13.7. The Morgan fingerprint density at radius 3 is 1.85 bits per heavy atom. The summed E-state index contributed by atoms with van der Waals surface area (Å²) in [6.07, 6.45) is 6.33. The van der Waals surface area contributed by atoms with E-state index in [1.807, 2.05) is 62.5 Å². The number of benzene rings is 4. The van der Waals surface area contributed by atoms with E-state index in [0.717, 1.165) is 44.5 Å². The van der Waals surface area contributed by atoms with Crippen LogP contribution in [0.4, 0.5) is 5.69 Å². The molecular formula is C34H31Ag3I2N4O3. The Morgan fingerprint density at radius 2 is 1.30 bits per heavy atom. The van der Waals surface area contributed by atoms with E-state index < -0.39 is 0 Å². The number of hydrogen-bond donors (Lipinski definition) is 1. The molecule has 8 rings (SSSR count). The molecule has 0 fully saturated rings. The number of imidazole rings is 1. The van der Waals surface area contributed by atoms with Crippen LogP contribution in [0.3, 0.4) is 0 Å². The maximum absolute atomic E-state index is 8.06. The van der Waals surface area contributed by atoms with Crippen molar-refractivity contribution in [2.24, 2.45) is 7.05 Å². The molecule has 0 spiro atoms. The topological polar surface area (TPSA) is 59.8 Å². The third-order valence-electron chi connectivity index (χ3n) is 7.79. The fourth-order valence-electron chi connectivity index (χ4n) is 5.40. The first-order chi connectivity index (χ1) is 21.5. The average molecular weight is 1120 g/mol. The number of anilines is 1. The molecule has 0 amide bonds. The molecule has 0 aliphatic carbocycles. The molecule has 3 aromatic heterocycles. The quantitative estimate of drug-likeness (QED) is 0.123. The van der Waals surface area contributed by atoms with Gasteiger partial charge in [0.15, 0.2) is 16.9 Å². The molecule has 12 heteroatoms. The van der Waals surface area contributed by atoms with Crippen molar-refractivity contribution in [1.29, 1.82) is 0 Å². The van der Waals surface area contributed by atoms with Gasteiger partial charge in [-0.25, -0.2) is 4.57 Å². The third-order valence-corrected chi connectivity index (χ3v) is 7.79. The number of aryl methyl sites for hydroxylation is 2. The van der Waals surface area contributed by atoms with Crippen molar-refractivity contribution in [3.8, 4) is 5.69 Å². The normalized spacial score (nSPS) is 13.5. The zero-order valence-corrected chi connectivity index (χ0v) is 33.9. The number of hydrogen-bond acceptors (Lipinski definition) is 4. The second-order valence-corrected chi connectivity index (χ2v) is 10.4. The number of fused-ring (bicyclic) bond motifs is 6. The Hall–Kier alpha value is -1.33. The van der Waals surface area contributed by atoms with Gasteiger partial charge >= 0.3 is 60.6 Å². The number of aromatic nitrogens is 2. The van der Waals surface area contributed by atoms with Crippen LogP contribution >= 0.6 is 19.0 Å². The van der Waals surface area contributed by atoms with Crippen LogP contribution in [-0.4, -0.2) is 11.6 Å². The molecule has 1 aliphatic rings. The van der Waals surface area contributed by atoms with Gasteiger partial charge in [0.2, 0.25) is 6.33 Å². The average Bonchev–Trinajstić information content (AvgIpc) is 3.82. The molecule has 7 nitrogen and oxygen atoms in total. The van der Waals surface area contributed by atoms with Gasteiger partial charge in [0.05, 0.1) is 18.4 Å². The molecule has 0 saturated heterocycles. The Labute approximate surface area is 335 Å². The molecule has 4 heterocycles. The summed E-state index contributed by atoms with van der Waals surface area (Å²) in [5.74, 6) is 0. The molecule has 1 atom stereocenters. The number of nitrogens with one attached hydrogen (secondary N) is 1. The summed E-state index contributed by atoms with van der Waals surface area (Å²) in [5.41, 5.74) is 8.42. The van der Waals surface area contributed by atoms with Gasteiger partial charge in [-0.1, -0.05) is 60.7 Å². The van der Waals surface area contributed by atoms with E-state index in [0.29, 0.717) is 0 Å². The number of quaternary nitrogens is 1. The van der Waals surface area contributed by atoms with Crippen molar-refractivity contribution in [3.05, 3.63) is 122 Å². The number of nitrogens with zero attached hydrogens (tertiary/aromatic N) is 3. The molecular weight excluding hydrogens is 1090 g/mol. The van der Waals surface area contributed by atoms with Crippen LogP contribution in [0, 0.1) is 13.6 Å². The molecule has 1 radical (unpaired) electrons. The van der Waals surface area contributed by atoms with Crippen LogP contribution in [-0.2, 0) is 71.0 Å². The van der Waals surface area contributed by atoms with E-state index in [1.165, 1.54) is 27.1 Å². The maximum atomic E-state index is 8.06. The third kappa shape index (κ3) is 7.93. The fraction of sp³-hybridized carbons (Fsp3) is 0.118. The number of furan rings is 2. The van der Waals surface area contributed by atoms with Crippen molar-refractivity contribution < 1.29 is 106 Å². The van der Waals surface area contributed by atoms with Gasteiger partial charge < -0.3 is 42.6 Å². The van der Waals surface area contributed by atoms with Crippen LogP contribution in [0.5, 0.6) is 0 Å². The SMILES string of the molecule is CC1=CN(c2cccc3c2oc2ccccc23)[CH-][NH+]1C.Cc1c[n+](-c2cccc3c2oc2ccccc23)cn1C.[Ag].[Ag][I].[I-].[O]=[Ag]. The van der Waals surface area contributed by atoms with Crippen LogP contribution in [0.1, 0.15) is 12.6 Å². The summed E-state index contributed by atoms with van der Waals surface area (Å²) in [4.78, 5) is 3.44. The molecule has 0 bridgehead atoms. The van der Waals surface area contributed by atoms with Crippen LogP contribution in [0.2, 0.25) is 0 Å². The van der Waals surface area contributed by atoms with Crippen LogP contribution < -0.4 is 38.3 Å². The molecule has 46 heavy (non-hydrogen) atoms. The minimum atomic E-state index is 0. The second kappa shape index (κ2) is 17.9. The van der Waals surface area contributed by atoms with E-state index >= 15 is 0 Å². The molecule has 252 valence electrons. The Kier molecular flexibility index (Phi) is 15.2. The molecule has 0 saturated carbocycles. The minimum absolute atomic E-state index is 0. The molecule has 1 aliphatic heterocycles. The molecule has 7 aromatic rings. The van der Waals surface area contributed by atoms with Gasteiger partial charge in [-0.15, -0.1) is 0 Å². The van der Waals surface area contributed by atoms with E-state index in [1.54, 1.807) is 21.0 Å². The number of allylic oxidation sites excluding steroid dienone is 1. The van der Waals surface area contributed by atoms with Gasteiger partial charge in [0, 0.05) is 71.0 Å². The van der Waals surface area contributed by atoms with E-state index in [-0.39, 0.29) is 46.4 Å². The van der Waals surface area contributed by atoms with Gasteiger partial charge in [-0.2, -0.15) is 4.57 Å². The second-order valence-electron chi connectivity index (χ2n) is 10.4. The van der Waals surface area contributed by atoms with Crippen molar-refractivity contribution >= 4 is 68.6 Å². The monoisotopic (exact) mass is 1120 g/mol. The predicted octanol–water partition coefficient (Wildman–Crippen LogP) is 4.17. The molecule has 1 N–H and O–H groups in total. The first-order valence-corrected chi connectivity index (χ1v) is 18.7. The van der Waals surface area contributed by atoms with Crippen molar-refractivity contribution in [3.63, 3.8) is 0 Å². The number of para-hydroxylation sites is 4. The number of rotatable bonds is 2. The van der Waals surface area contributed by atoms with Gasteiger partial charge in [0.1, 0.15) is 23.1 Å². The van der Waals surface area contributed by atoms with E-state index in [9.17, 15) is 0 Å². The fourth-order valence-corrected chi connectivity index (χ4v) is 5.40. The summed E-state index contributed by atoms with van der Waals surface area (Å²) in [6, 6.07) is 28.9. The van der Waals surface area contributed by atoms with Gasteiger partial charge in [-0.05, 0) is 30.9 Å². The first kappa shape index (κ1) is 39.1. The van der Waals surface area contributed by atoms with Gasteiger partial charge in [0.25, 0.3) is 0 Å². The van der Waals surface area contributed by atoms with Crippen molar-refractivity contribution in [2.45, 2.75) is 13.8 Å². The van der Waals surface area contributed by atoms with Crippen molar-refractivity contribution in [1.82, 2.24) is 4.57 Å². The molecule has 1 unspecified atom stereocenters. The molecule has 4 aromatic carbocycles. The predicted molar refractivity (Wildman–Crippen MR) is 175 cm³/mol. The zero-order chi connectivity index (χ0) is 31.4. The van der Waals surface area contributed by atoms with Crippen LogP contribution in [0.25, 0.3) is 49.6 Å². The number of halogens is 2. The standard InChI is InChI=1S/C17H16N2O.C17H15N2O.3Ag.2HI.O/c2*1-12-10-19(11-18(12)2)15-8-5-7-14-13-6-3-4-9-16(13)20-17(14)15;;;;;;/h3-11,18H,1-2H3;3-11H,1-2H3;;;;2*1H;/q;+1;;;+1;;;/p-2. The summed E-state index contributed by atoms with van der Waals surface area (Å²) in [5, 5.41) is 4.66. The van der Waals surface area contributed by atoms with Gasteiger partial charge in [-0.3, -0.25) is 0 Å². The summed E-state index contributed by atoms with van der Waals surface area (Å²) in [7, 11) is 4.18. The Bertz CT molecular complexity index is 2090. The van der Waals surface area contributed by atoms with Crippen molar-refractivity contribution in [2.75, 3.05) is 11.9 Å². The zero-order valence-electron chi connectivity index (χ0n) is 25.1. The Morgan fingerprint density at radius 1 is 0.783 bits per heavy atom. The van der Waals surface area contributed by atoms with E-state index in [4.69, 9.17) is 12.1 Å². The summed E-state index contributed by atoms with van der Waals surface area (Å²) >= 11 is 6.58. The van der Waals surface area contributed by atoms with Crippen LogP contribution in [0.15, 0.2) is 118 Å². The Balaban J connectivity index is 0.000000218.